The third-order valence-electron chi connectivity index (χ3n) is 4.41. The van der Waals surface area contributed by atoms with E-state index in [1.807, 2.05) is 42.4 Å². The predicted molar refractivity (Wildman–Crippen MR) is 87.9 cm³/mol. The predicted octanol–water partition coefficient (Wildman–Crippen LogP) is 2.52. The lowest BCUT2D eigenvalue weighted by molar-refractivity contribution is -0.132. The Morgan fingerprint density at radius 2 is 2.09 bits per heavy atom. The molecule has 0 spiro atoms. The molecule has 1 saturated heterocycles. The summed E-state index contributed by atoms with van der Waals surface area (Å²) in [6, 6.07) is 5.93. The maximum absolute atomic E-state index is 12.3. The molecular weight excluding hydrogens is 288 g/mol. The molecule has 1 aliphatic rings. The van der Waals surface area contributed by atoms with E-state index >= 15 is 0 Å². The Hall–Kier alpha value is -2.30. The lowest BCUT2D eigenvalue weighted by Gasteiger charge is -2.32. The van der Waals surface area contributed by atoms with Crippen LogP contribution in [-0.2, 0) is 11.2 Å². The fraction of sp³-hybridized carbons (Fsp3) is 0.444. The molecule has 0 aromatic carbocycles. The molecule has 3 rings (SSSR count). The van der Waals surface area contributed by atoms with Crippen molar-refractivity contribution in [3.05, 3.63) is 53.9 Å². The minimum Gasteiger partial charge on any atom is -0.343 e. The number of aromatic nitrogens is 3. The fourth-order valence-electron chi connectivity index (χ4n) is 3.08. The van der Waals surface area contributed by atoms with Crippen molar-refractivity contribution in [3.8, 4) is 0 Å². The number of pyridine rings is 1. The van der Waals surface area contributed by atoms with Crippen LogP contribution in [0.2, 0.25) is 0 Å². The van der Waals surface area contributed by atoms with Crippen molar-refractivity contribution in [2.75, 3.05) is 13.1 Å². The van der Waals surface area contributed by atoms with Gasteiger partial charge in [0.2, 0.25) is 5.91 Å². The lowest BCUT2D eigenvalue weighted by Crippen LogP contribution is -2.38. The standard InChI is InChI=1S/C18H22N4O/c1-14-20-10-6-17(21-14)16-7-11-22(12-8-16)18(23)5-4-15-3-2-9-19-13-15/h2-3,6,9-10,13,16H,4-5,7-8,11-12H2,1H3. The van der Waals surface area contributed by atoms with E-state index in [1.54, 1.807) is 6.20 Å². The number of carbonyl (C=O) groups is 1. The molecule has 0 radical (unpaired) electrons. The van der Waals surface area contributed by atoms with Crippen molar-refractivity contribution in [2.45, 2.75) is 38.5 Å². The second-order valence-corrected chi connectivity index (χ2v) is 6.05. The summed E-state index contributed by atoms with van der Waals surface area (Å²) >= 11 is 0. The summed E-state index contributed by atoms with van der Waals surface area (Å²) in [4.78, 5) is 27.1. The van der Waals surface area contributed by atoms with E-state index < -0.39 is 0 Å². The number of likely N-dealkylation sites (tertiary alicyclic amines) is 1. The van der Waals surface area contributed by atoms with E-state index in [9.17, 15) is 4.79 Å². The number of piperidine rings is 1. The van der Waals surface area contributed by atoms with Crippen molar-refractivity contribution < 1.29 is 4.79 Å². The molecule has 0 saturated carbocycles. The highest BCUT2D eigenvalue weighted by molar-refractivity contribution is 5.76. The van der Waals surface area contributed by atoms with Gasteiger partial charge >= 0.3 is 0 Å². The molecular formula is C18H22N4O. The molecule has 1 fully saturated rings. The Kier molecular flexibility index (Phi) is 4.95. The number of amides is 1. The number of nitrogens with zero attached hydrogens (tertiary/aromatic N) is 4. The van der Waals surface area contributed by atoms with Crippen LogP contribution in [-0.4, -0.2) is 38.8 Å². The Balaban J connectivity index is 1.49. The fourth-order valence-corrected chi connectivity index (χ4v) is 3.08. The van der Waals surface area contributed by atoms with Crippen LogP contribution in [0.5, 0.6) is 0 Å². The van der Waals surface area contributed by atoms with Gasteiger partial charge in [-0.3, -0.25) is 9.78 Å². The van der Waals surface area contributed by atoms with Gasteiger partial charge in [0.25, 0.3) is 0 Å². The molecule has 2 aromatic rings. The van der Waals surface area contributed by atoms with Gasteiger partial charge < -0.3 is 4.90 Å². The molecule has 5 nitrogen and oxygen atoms in total. The Morgan fingerprint density at radius 1 is 1.26 bits per heavy atom. The molecule has 0 aliphatic carbocycles. The third kappa shape index (κ3) is 4.12. The monoisotopic (exact) mass is 310 g/mol. The van der Waals surface area contributed by atoms with Gasteiger partial charge in [-0.05, 0) is 43.9 Å². The van der Waals surface area contributed by atoms with Crippen LogP contribution >= 0.6 is 0 Å². The van der Waals surface area contributed by atoms with Gasteiger partial charge in [-0.2, -0.15) is 0 Å². The molecule has 0 N–H and O–H groups in total. The number of aryl methyl sites for hydroxylation is 2. The van der Waals surface area contributed by atoms with E-state index in [0.717, 1.165) is 49.4 Å². The van der Waals surface area contributed by atoms with Crippen molar-refractivity contribution >= 4 is 5.91 Å². The maximum atomic E-state index is 12.3. The molecule has 1 amide bonds. The molecule has 0 unspecified atom stereocenters. The van der Waals surface area contributed by atoms with Gasteiger partial charge in [-0.1, -0.05) is 6.07 Å². The molecule has 2 aromatic heterocycles. The first-order valence-corrected chi connectivity index (χ1v) is 8.18. The van der Waals surface area contributed by atoms with Gasteiger partial charge in [-0.25, -0.2) is 9.97 Å². The minimum atomic E-state index is 0.242. The lowest BCUT2D eigenvalue weighted by atomic mass is 9.93. The molecule has 0 atom stereocenters. The van der Waals surface area contributed by atoms with E-state index in [4.69, 9.17) is 0 Å². The van der Waals surface area contributed by atoms with Crippen LogP contribution in [0.25, 0.3) is 0 Å². The van der Waals surface area contributed by atoms with Crippen LogP contribution in [0.1, 0.15) is 42.3 Å². The summed E-state index contributed by atoms with van der Waals surface area (Å²) in [5.74, 6) is 1.50. The van der Waals surface area contributed by atoms with Crippen LogP contribution in [0.15, 0.2) is 36.8 Å². The zero-order chi connectivity index (χ0) is 16.1. The Bertz CT molecular complexity index is 651. The van der Waals surface area contributed by atoms with E-state index in [0.29, 0.717) is 12.3 Å². The summed E-state index contributed by atoms with van der Waals surface area (Å²) < 4.78 is 0. The molecule has 5 heteroatoms. The first-order valence-electron chi connectivity index (χ1n) is 8.18. The van der Waals surface area contributed by atoms with Crippen LogP contribution in [0.3, 0.4) is 0 Å². The number of carbonyl (C=O) groups excluding carboxylic acids is 1. The van der Waals surface area contributed by atoms with Crippen LogP contribution in [0, 0.1) is 6.92 Å². The van der Waals surface area contributed by atoms with Crippen molar-refractivity contribution in [2.24, 2.45) is 0 Å². The normalized spacial score (nSPS) is 15.6. The van der Waals surface area contributed by atoms with Gasteiger partial charge in [-0.15, -0.1) is 0 Å². The number of hydrogen-bond donors (Lipinski definition) is 0. The highest BCUT2D eigenvalue weighted by Crippen LogP contribution is 2.26. The van der Waals surface area contributed by atoms with Gasteiger partial charge in [0.05, 0.1) is 0 Å². The Morgan fingerprint density at radius 3 is 2.78 bits per heavy atom. The second kappa shape index (κ2) is 7.31. The van der Waals surface area contributed by atoms with Crippen LogP contribution < -0.4 is 0 Å². The topological polar surface area (TPSA) is 59.0 Å². The quantitative estimate of drug-likeness (QED) is 0.870. The summed E-state index contributed by atoms with van der Waals surface area (Å²) in [7, 11) is 0. The molecule has 23 heavy (non-hydrogen) atoms. The summed E-state index contributed by atoms with van der Waals surface area (Å²) in [5.41, 5.74) is 2.23. The summed E-state index contributed by atoms with van der Waals surface area (Å²) in [5, 5.41) is 0. The van der Waals surface area contributed by atoms with Crippen molar-refractivity contribution in [1.29, 1.82) is 0 Å². The van der Waals surface area contributed by atoms with Gasteiger partial charge in [0.1, 0.15) is 5.82 Å². The first-order chi connectivity index (χ1) is 11.2. The van der Waals surface area contributed by atoms with E-state index in [2.05, 4.69) is 15.0 Å². The van der Waals surface area contributed by atoms with Crippen molar-refractivity contribution in [3.63, 3.8) is 0 Å². The molecule has 1 aliphatic heterocycles. The van der Waals surface area contributed by atoms with E-state index in [-0.39, 0.29) is 5.91 Å². The van der Waals surface area contributed by atoms with Crippen molar-refractivity contribution in [1.82, 2.24) is 19.9 Å². The highest BCUT2D eigenvalue weighted by atomic mass is 16.2. The number of rotatable bonds is 4. The SMILES string of the molecule is Cc1nccc(C2CCN(C(=O)CCc3cccnc3)CC2)n1. The molecule has 0 bridgehead atoms. The zero-order valence-electron chi connectivity index (χ0n) is 13.5. The summed E-state index contributed by atoms with van der Waals surface area (Å²) in [6.07, 6.45) is 8.69. The maximum Gasteiger partial charge on any atom is 0.222 e. The number of hydrogen-bond acceptors (Lipinski definition) is 4. The average molecular weight is 310 g/mol. The van der Waals surface area contributed by atoms with E-state index in [1.165, 1.54) is 0 Å². The molecule has 3 heterocycles. The van der Waals surface area contributed by atoms with Crippen LogP contribution in [0.4, 0.5) is 0 Å². The van der Waals surface area contributed by atoms with Gasteiger partial charge in [0, 0.05) is 49.7 Å². The third-order valence-corrected chi connectivity index (χ3v) is 4.41. The summed E-state index contributed by atoms with van der Waals surface area (Å²) in [6.45, 7) is 3.56. The largest absolute Gasteiger partial charge is 0.343 e. The molecule has 120 valence electrons. The second-order valence-electron chi connectivity index (χ2n) is 6.05. The zero-order valence-corrected chi connectivity index (χ0v) is 13.5. The minimum absolute atomic E-state index is 0.242. The van der Waals surface area contributed by atoms with Gasteiger partial charge in [0.15, 0.2) is 0 Å². The highest BCUT2D eigenvalue weighted by Gasteiger charge is 2.24. The average Bonchev–Trinajstić information content (AvgIpc) is 2.61. The smallest absolute Gasteiger partial charge is 0.222 e. The Labute approximate surface area is 136 Å². The first kappa shape index (κ1) is 15.6.